The molecule has 70 valence electrons. The molecule has 1 N–H and O–H groups in total. The number of fused-ring (bicyclic) bond motifs is 1. The number of rotatable bonds is 0. The lowest BCUT2D eigenvalue weighted by molar-refractivity contribution is -0.206. The molecule has 2 aliphatic rings. The van der Waals surface area contributed by atoms with E-state index < -0.39 is 6.29 Å². The highest BCUT2D eigenvalue weighted by atomic mass is 16.6. The lowest BCUT2D eigenvalue weighted by Crippen LogP contribution is -2.42. The smallest absolute Gasteiger partial charge is 0.155 e. The molecule has 2 saturated heterocycles. The highest BCUT2D eigenvalue weighted by molar-refractivity contribution is 4.88. The molecule has 2 rings (SSSR count). The molecule has 5 atom stereocenters. The van der Waals surface area contributed by atoms with E-state index in [1.54, 1.807) is 0 Å². The van der Waals surface area contributed by atoms with Crippen LogP contribution in [0.1, 0.15) is 20.3 Å². The molecule has 0 aromatic heterocycles. The Bertz CT molecular complexity index is 171. The zero-order chi connectivity index (χ0) is 8.72. The van der Waals surface area contributed by atoms with Crippen LogP contribution in [-0.4, -0.2) is 30.2 Å². The van der Waals surface area contributed by atoms with Gasteiger partial charge in [0.2, 0.25) is 0 Å². The lowest BCUT2D eigenvalue weighted by atomic mass is 9.85. The molecule has 0 saturated carbocycles. The molecule has 0 aliphatic carbocycles. The minimum absolute atomic E-state index is 0.0451. The fourth-order valence-electron chi connectivity index (χ4n) is 2.30. The van der Waals surface area contributed by atoms with Crippen molar-refractivity contribution in [3.05, 3.63) is 0 Å². The van der Waals surface area contributed by atoms with E-state index in [-0.39, 0.29) is 12.2 Å². The molecular weight excluding hydrogens is 156 g/mol. The molecule has 2 fully saturated rings. The zero-order valence-electron chi connectivity index (χ0n) is 7.56. The van der Waals surface area contributed by atoms with Crippen LogP contribution in [0.3, 0.4) is 0 Å². The lowest BCUT2D eigenvalue weighted by Gasteiger charge is -2.34. The molecule has 3 heteroatoms. The van der Waals surface area contributed by atoms with Crippen LogP contribution in [-0.2, 0) is 9.47 Å². The van der Waals surface area contributed by atoms with Crippen molar-refractivity contribution in [2.45, 2.75) is 38.8 Å². The van der Waals surface area contributed by atoms with Gasteiger partial charge in [-0.3, -0.25) is 0 Å². The summed E-state index contributed by atoms with van der Waals surface area (Å²) in [5.41, 5.74) is 0. The van der Waals surface area contributed by atoms with Gasteiger partial charge in [-0.1, -0.05) is 6.92 Å². The molecule has 2 aliphatic heterocycles. The second-order valence-corrected chi connectivity index (χ2v) is 3.97. The van der Waals surface area contributed by atoms with Gasteiger partial charge < -0.3 is 14.6 Å². The molecule has 0 radical (unpaired) electrons. The summed E-state index contributed by atoms with van der Waals surface area (Å²) in [5.74, 6) is 1.06. The second-order valence-electron chi connectivity index (χ2n) is 3.97. The first-order chi connectivity index (χ1) is 5.68. The van der Waals surface area contributed by atoms with Crippen LogP contribution in [0.2, 0.25) is 0 Å². The summed E-state index contributed by atoms with van der Waals surface area (Å²) in [7, 11) is 0. The number of hydrogen-bond donors (Lipinski definition) is 1. The number of aliphatic hydroxyl groups excluding tert-OH is 1. The van der Waals surface area contributed by atoms with E-state index in [1.807, 2.05) is 6.92 Å². The molecule has 0 bridgehead atoms. The van der Waals surface area contributed by atoms with Gasteiger partial charge in [0.05, 0.1) is 18.8 Å². The Kier molecular flexibility index (Phi) is 2.10. The van der Waals surface area contributed by atoms with Gasteiger partial charge in [-0.05, 0) is 18.8 Å². The van der Waals surface area contributed by atoms with Crippen LogP contribution >= 0.6 is 0 Å². The predicted octanol–water partition coefficient (Wildman–Crippen LogP) is 0.765. The molecule has 0 aromatic carbocycles. The Labute approximate surface area is 72.7 Å². The first-order valence-electron chi connectivity index (χ1n) is 4.63. The van der Waals surface area contributed by atoms with E-state index in [4.69, 9.17) is 9.47 Å². The maximum atomic E-state index is 9.37. The average Bonchev–Trinajstić information content (AvgIpc) is 2.33. The fraction of sp³-hybridized carbons (Fsp3) is 1.00. The van der Waals surface area contributed by atoms with Crippen LogP contribution in [0.25, 0.3) is 0 Å². The molecule has 0 spiro atoms. The monoisotopic (exact) mass is 172 g/mol. The predicted molar refractivity (Wildman–Crippen MR) is 43.6 cm³/mol. The van der Waals surface area contributed by atoms with E-state index >= 15 is 0 Å². The van der Waals surface area contributed by atoms with Crippen molar-refractivity contribution < 1.29 is 14.6 Å². The topological polar surface area (TPSA) is 38.7 Å². The van der Waals surface area contributed by atoms with Gasteiger partial charge in [0.1, 0.15) is 0 Å². The number of ether oxygens (including phenoxy) is 2. The van der Waals surface area contributed by atoms with Crippen molar-refractivity contribution in [1.82, 2.24) is 0 Å². The molecule has 3 nitrogen and oxygen atoms in total. The van der Waals surface area contributed by atoms with Gasteiger partial charge in [-0.2, -0.15) is 0 Å². The molecule has 2 heterocycles. The minimum Gasteiger partial charge on any atom is -0.375 e. The minimum atomic E-state index is -0.578. The maximum absolute atomic E-state index is 9.37. The van der Waals surface area contributed by atoms with Gasteiger partial charge in [-0.15, -0.1) is 0 Å². The van der Waals surface area contributed by atoms with Gasteiger partial charge >= 0.3 is 0 Å². The van der Waals surface area contributed by atoms with Crippen molar-refractivity contribution in [3.8, 4) is 0 Å². The molecule has 0 aromatic rings. The quantitative estimate of drug-likeness (QED) is 0.586. The largest absolute Gasteiger partial charge is 0.375 e. The van der Waals surface area contributed by atoms with E-state index in [0.717, 1.165) is 13.0 Å². The highest BCUT2D eigenvalue weighted by Crippen LogP contribution is 2.37. The second kappa shape index (κ2) is 2.98. The summed E-state index contributed by atoms with van der Waals surface area (Å²) < 4.78 is 10.9. The summed E-state index contributed by atoms with van der Waals surface area (Å²) in [4.78, 5) is 0. The molecule has 0 amide bonds. The molecule has 12 heavy (non-hydrogen) atoms. The van der Waals surface area contributed by atoms with Crippen LogP contribution in [0.5, 0.6) is 0 Å². The first kappa shape index (κ1) is 8.48. The third kappa shape index (κ3) is 1.26. The Hall–Kier alpha value is -0.120. The SMILES string of the molecule is C[C@H]1CO[C@H]2[C@@H]1CC(O)O[C@@H]2C. The van der Waals surface area contributed by atoms with Crippen LogP contribution in [0, 0.1) is 11.8 Å². The Morgan fingerprint density at radius 2 is 2.08 bits per heavy atom. The summed E-state index contributed by atoms with van der Waals surface area (Å²) in [6.45, 7) is 4.96. The standard InChI is InChI=1S/C9H16O3/c1-5-4-11-9-6(2)12-8(10)3-7(5)9/h5-10H,3-4H2,1-2H3/t5-,6+,7+,8?,9+/m0/s1. The van der Waals surface area contributed by atoms with E-state index in [1.165, 1.54) is 0 Å². The van der Waals surface area contributed by atoms with Crippen molar-refractivity contribution in [2.24, 2.45) is 11.8 Å². The highest BCUT2D eigenvalue weighted by Gasteiger charge is 2.43. The number of aliphatic hydroxyl groups is 1. The van der Waals surface area contributed by atoms with Crippen molar-refractivity contribution in [1.29, 1.82) is 0 Å². The van der Waals surface area contributed by atoms with Crippen molar-refractivity contribution in [3.63, 3.8) is 0 Å². The van der Waals surface area contributed by atoms with Crippen molar-refractivity contribution >= 4 is 0 Å². The van der Waals surface area contributed by atoms with Crippen LogP contribution in [0.15, 0.2) is 0 Å². The summed E-state index contributed by atoms with van der Waals surface area (Å²) >= 11 is 0. The number of hydrogen-bond acceptors (Lipinski definition) is 3. The van der Waals surface area contributed by atoms with Gasteiger partial charge in [0.15, 0.2) is 6.29 Å². The van der Waals surface area contributed by atoms with E-state index in [9.17, 15) is 5.11 Å². The summed E-state index contributed by atoms with van der Waals surface area (Å²) in [6.07, 6.45) is 0.411. The maximum Gasteiger partial charge on any atom is 0.155 e. The summed E-state index contributed by atoms with van der Waals surface area (Å²) in [5, 5.41) is 9.37. The normalized spacial score (nSPS) is 53.8. The molecular formula is C9H16O3. The third-order valence-electron chi connectivity index (χ3n) is 3.01. The zero-order valence-corrected chi connectivity index (χ0v) is 7.56. The third-order valence-corrected chi connectivity index (χ3v) is 3.01. The van der Waals surface area contributed by atoms with Gasteiger partial charge in [0, 0.05) is 6.42 Å². The Morgan fingerprint density at radius 1 is 1.33 bits per heavy atom. The Balaban J connectivity index is 2.08. The first-order valence-corrected chi connectivity index (χ1v) is 4.63. The van der Waals surface area contributed by atoms with Gasteiger partial charge in [0.25, 0.3) is 0 Å². The van der Waals surface area contributed by atoms with E-state index in [2.05, 4.69) is 6.92 Å². The van der Waals surface area contributed by atoms with Crippen molar-refractivity contribution in [2.75, 3.05) is 6.61 Å². The van der Waals surface area contributed by atoms with Gasteiger partial charge in [-0.25, -0.2) is 0 Å². The van der Waals surface area contributed by atoms with Crippen LogP contribution < -0.4 is 0 Å². The fourth-order valence-corrected chi connectivity index (χ4v) is 2.30. The van der Waals surface area contributed by atoms with Crippen LogP contribution in [0.4, 0.5) is 0 Å². The summed E-state index contributed by atoms with van der Waals surface area (Å²) in [6, 6.07) is 0. The van der Waals surface area contributed by atoms with E-state index in [0.29, 0.717) is 11.8 Å². The Morgan fingerprint density at radius 3 is 2.83 bits per heavy atom. The average molecular weight is 172 g/mol. The molecule has 1 unspecified atom stereocenters.